The van der Waals surface area contributed by atoms with Crippen molar-refractivity contribution in [3.05, 3.63) is 77.0 Å². The van der Waals surface area contributed by atoms with E-state index in [1.165, 1.54) is 11.1 Å². The number of amides is 1. The Bertz CT molecular complexity index is 1310. The van der Waals surface area contributed by atoms with Crippen LogP contribution in [0.3, 0.4) is 0 Å². The maximum Gasteiger partial charge on any atom is 0.264 e. The van der Waals surface area contributed by atoms with Crippen molar-refractivity contribution in [2.45, 2.75) is 33.6 Å². The molecule has 6 heteroatoms. The van der Waals surface area contributed by atoms with Gasteiger partial charge in [0.1, 0.15) is 0 Å². The molecule has 0 saturated carbocycles. The Kier molecular flexibility index (Phi) is 5.13. The van der Waals surface area contributed by atoms with Crippen LogP contribution in [-0.2, 0) is 17.6 Å². The standard InChI is InChI=1S/C26H26N4O2/c1-4-19-9-11-21(12-10-19)30-26-25(18(3)28-30)17(2)15-23(27-26)32-16-24(31)29-14-13-20-7-5-6-8-22(20)29/h5-12,15H,4,13-14,16H2,1-3H3. The van der Waals surface area contributed by atoms with Crippen LogP contribution in [0.2, 0.25) is 0 Å². The van der Waals surface area contributed by atoms with E-state index in [0.29, 0.717) is 12.4 Å². The Hall–Kier alpha value is -3.67. The molecule has 2 aromatic carbocycles. The summed E-state index contributed by atoms with van der Waals surface area (Å²) in [6, 6.07) is 18.2. The van der Waals surface area contributed by atoms with Gasteiger partial charge in [0.25, 0.3) is 5.91 Å². The molecule has 3 heterocycles. The van der Waals surface area contributed by atoms with Gasteiger partial charge in [-0.15, -0.1) is 0 Å². The summed E-state index contributed by atoms with van der Waals surface area (Å²) in [5.74, 6) is 0.372. The predicted molar refractivity (Wildman–Crippen MR) is 126 cm³/mol. The second-order valence-corrected chi connectivity index (χ2v) is 8.21. The highest BCUT2D eigenvalue weighted by Crippen LogP contribution is 2.29. The Morgan fingerprint density at radius 2 is 1.88 bits per heavy atom. The Balaban J connectivity index is 1.42. The van der Waals surface area contributed by atoms with Gasteiger partial charge in [-0.25, -0.2) is 4.68 Å². The van der Waals surface area contributed by atoms with Crippen molar-refractivity contribution in [1.29, 1.82) is 0 Å². The maximum absolute atomic E-state index is 12.8. The number of carbonyl (C=O) groups is 1. The number of para-hydroxylation sites is 1. The summed E-state index contributed by atoms with van der Waals surface area (Å²) < 4.78 is 7.73. The highest BCUT2D eigenvalue weighted by atomic mass is 16.5. The van der Waals surface area contributed by atoms with Crippen LogP contribution in [0.25, 0.3) is 16.7 Å². The molecule has 0 unspecified atom stereocenters. The first kappa shape index (κ1) is 20.2. The quantitative estimate of drug-likeness (QED) is 0.469. The zero-order chi connectivity index (χ0) is 22.2. The number of carbonyl (C=O) groups excluding carboxylic acids is 1. The number of benzene rings is 2. The highest BCUT2D eigenvalue weighted by Gasteiger charge is 2.24. The topological polar surface area (TPSA) is 60.3 Å². The third-order valence-corrected chi connectivity index (χ3v) is 6.11. The number of aryl methyl sites for hydroxylation is 3. The van der Waals surface area contributed by atoms with Crippen molar-refractivity contribution in [3.63, 3.8) is 0 Å². The molecule has 0 aliphatic carbocycles. The molecule has 5 rings (SSSR count). The summed E-state index contributed by atoms with van der Waals surface area (Å²) in [6.07, 6.45) is 1.87. The van der Waals surface area contributed by atoms with Gasteiger partial charge in [0.05, 0.1) is 11.4 Å². The van der Waals surface area contributed by atoms with Gasteiger partial charge in [0, 0.05) is 23.7 Å². The number of nitrogens with zero attached hydrogens (tertiary/aromatic N) is 4. The molecule has 0 radical (unpaired) electrons. The van der Waals surface area contributed by atoms with E-state index in [1.54, 1.807) is 4.90 Å². The van der Waals surface area contributed by atoms with Gasteiger partial charge in [-0.1, -0.05) is 37.3 Å². The summed E-state index contributed by atoms with van der Waals surface area (Å²) in [5.41, 5.74) is 7.08. The van der Waals surface area contributed by atoms with Crippen molar-refractivity contribution in [3.8, 4) is 11.6 Å². The molecule has 1 aliphatic heterocycles. The minimum atomic E-state index is -0.0608. The molecule has 0 bridgehead atoms. The second-order valence-electron chi connectivity index (χ2n) is 8.21. The van der Waals surface area contributed by atoms with E-state index in [9.17, 15) is 4.79 Å². The number of pyridine rings is 1. The number of anilines is 1. The molecule has 0 saturated heterocycles. The molecule has 32 heavy (non-hydrogen) atoms. The summed E-state index contributed by atoms with van der Waals surface area (Å²) >= 11 is 0. The minimum absolute atomic E-state index is 0.0510. The van der Waals surface area contributed by atoms with Crippen LogP contribution in [0, 0.1) is 13.8 Å². The van der Waals surface area contributed by atoms with Gasteiger partial charge in [0.2, 0.25) is 5.88 Å². The lowest BCUT2D eigenvalue weighted by atomic mass is 10.1. The van der Waals surface area contributed by atoms with Gasteiger partial charge in [-0.05, 0) is 61.6 Å². The lowest BCUT2D eigenvalue weighted by Crippen LogP contribution is -2.33. The summed E-state index contributed by atoms with van der Waals surface area (Å²) in [6.45, 7) is 6.79. The Labute approximate surface area is 187 Å². The molecular formula is C26H26N4O2. The number of aromatic nitrogens is 3. The van der Waals surface area contributed by atoms with Crippen LogP contribution < -0.4 is 9.64 Å². The largest absolute Gasteiger partial charge is 0.467 e. The average molecular weight is 427 g/mol. The van der Waals surface area contributed by atoms with Crippen LogP contribution in [0.4, 0.5) is 5.69 Å². The van der Waals surface area contributed by atoms with E-state index < -0.39 is 0 Å². The first-order chi connectivity index (χ1) is 15.5. The van der Waals surface area contributed by atoms with E-state index in [0.717, 1.165) is 46.5 Å². The van der Waals surface area contributed by atoms with E-state index >= 15 is 0 Å². The first-order valence-corrected chi connectivity index (χ1v) is 11.0. The summed E-state index contributed by atoms with van der Waals surface area (Å²) in [5, 5.41) is 5.74. The molecule has 0 spiro atoms. The predicted octanol–water partition coefficient (Wildman–Crippen LogP) is 4.57. The van der Waals surface area contributed by atoms with Crippen molar-refractivity contribution >= 4 is 22.6 Å². The number of hydrogen-bond acceptors (Lipinski definition) is 4. The van der Waals surface area contributed by atoms with Crippen LogP contribution in [0.5, 0.6) is 5.88 Å². The van der Waals surface area contributed by atoms with Gasteiger partial charge in [-0.3, -0.25) is 4.79 Å². The van der Waals surface area contributed by atoms with Crippen LogP contribution in [-0.4, -0.2) is 33.8 Å². The smallest absolute Gasteiger partial charge is 0.264 e. The van der Waals surface area contributed by atoms with E-state index in [1.807, 2.05) is 42.8 Å². The monoisotopic (exact) mass is 426 g/mol. The molecule has 1 amide bonds. The van der Waals surface area contributed by atoms with Crippen molar-refractivity contribution in [2.75, 3.05) is 18.1 Å². The van der Waals surface area contributed by atoms with Gasteiger partial charge in [-0.2, -0.15) is 10.1 Å². The maximum atomic E-state index is 12.8. The average Bonchev–Trinajstić information content (AvgIpc) is 3.39. The third kappa shape index (κ3) is 3.51. The normalized spacial score (nSPS) is 12.9. The van der Waals surface area contributed by atoms with Crippen molar-refractivity contribution in [1.82, 2.24) is 14.8 Å². The molecule has 6 nitrogen and oxygen atoms in total. The zero-order valence-corrected chi connectivity index (χ0v) is 18.6. The molecule has 0 N–H and O–H groups in total. The zero-order valence-electron chi connectivity index (χ0n) is 18.6. The fourth-order valence-corrected chi connectivity index (χ4v) is 4.41. The number of rotatable bonds is 5. The van der Waals surface area contributed by atoms with Crippen LogP contribution in [0.1, 0.15) is 29.3 Å². The van der Waals surface area contributed by atoms with Gasteiger partial charge >= 0.3 is 0 Å². The first-order valence-electron chi connectivity index (χ1n) is 11.0. The number of hydrogen-bond donors (Lipinski definition) is 0. The lowest BCUT2D eigenvalue weighted by molar-refractivity contribution is -0.120. The number of fused-ring (bicyclic) bond motifs is 2. The number of ether oxygens (including phenoxy) is 1. The van der Waals surface area contributed by atoms with E-state index in [-0.39, 0.29) is 12.5 Å². The molecule has 0 atom stereocenters. The highest BCUT2D eigenvalue weighted by molar-refractivity contribution is 5.96. The fourth-order valence-electron chi connectivity index (χ4n) is 4.41. The Morgan fingerprint density at radius 3 is 2.66 bits per heavy atom. The van der Waals surface area contributed by atoms with Crippen molar-refractivity contribution in [2.24, 2.45) is 0 Å². The third-order valence-electron chi connectivity index (χ3n) is 6.11. The minimum Gasteiger partial charge on any atom is -0.467 e. The fraction of sp³-hybridized carbons (Fsp3) is 0.269. The molecule has 4 aromatic rings. The van der Waals surface area contributed by atoms with Crippen LogP contribution >= 0.6 is 0 Å². The van der Waals surface area contributed by atoms with E-state index in [2.05, 4.69) is 37.3 Å². The van der Waals surface area contributed by atoms with E-state index in [4.69, 9.17) is 14.8 Å². The van der Waals surface area contributed by atoms with Gasteiger partial charge < -0.3 is 9.64 Å². The van der Waals surface area contributed by atoms with Gasteiger partial charge in [0.15, 0.2) is 12.3 Å². The summed E-state index contributed by atoms with van der Waals surface area (Å²) in [7, 11) is 0. The van der Waals surface area contributed by atoms with Crippen LogP contribution in [0.15, 0.2) is 54.6 Å². The molecule has 162 valence electrons. The molecule has 1 aliphatic rings. The lowest BCUT2D eigenvalue weighted by Gasteiger charge is -2.17. The Morgan fingerprint density at radius 1 is 1.09 bits per heavy atom. The SMILES string of the molecule is CCc1ccc(-n2nc(C)c3c(C)cc(OCC(=O)N4CCc5ccccc54)nc32)cc1. The molecule has 2 aromatic heterocycles. The molecule has 0 fully saturated rings. The summed E-state index contributed by atoms with van der Waals surface area (Å²) in [4.78, 5) is 19.4. The second kappa shape index (κ2) is 8.11. The molecular weight excluding hydrogens is 400 g/mol. The van der Waals surface area contributed by atoms with Crippen molar-refractivity contribution < 1.29 is 9.53 Å².